The Hall–Kier alpha value is -1.16. The number of rotatable bonds is 2. The van der Waals surface area contributed by atoms with Gasteiger partial charge in [-0.05, 0) is 26.3 Å². The Balaban J connectivity index is 2.22. The minimum Gasteiger partial charge on any atom is -0.373 e. The molecule has 1 aliphatic heterocycles. The number of hydrogen-bond donors (Lipinski definition) is 2. The molecule has 0 aliphatic carbocycles. The Bertz CT molecular complexity index is 331. The van der Waals surface area contributed by atoms with E-state index in [9.17, 15) is 0 Å². The highest BCUT2D eigenvalue weighted by molar-refractivity contribution is 5.35. The maximum absolute atomic E-state index is 4.51. The molecule has 1 aliphatic rings. The van der Waals surface area contributed by atoms with E-state index in [0.717, 1.165) is 30.4 Å². The van der Waals surface area contributed by atoms with Crippen molar-refractivity contribution in [2.75, 3.05) is 25.5 Å². The molecule has 0 unspecified atom stereocenters. The first kappa shape index (κ1) is 10.4. The predicted molar refractivity (Wildman–Crippen MR) is 61.2 cm³/mol. The zero-order valence-corrected chi connectivity index (χ0v) is 9.38. The van der Waals surface area contributed by atoms with Crippen LogP contribution in [0.5, 0.6) is 0 Å². The quantitative estimate of drug-likeness (QED) is 0.765. The van der Waals surface area contributed by atoms with Crippen molar-refractivity contribution in [1.29, 1.82) is 0 Å². The third kappa shape index (κ3) is 2.45. The molecule has 1 atom stereocenters. The lowest BCUT2D eigenvalue weighted by molar-refractivity contribution is 0.446. The molecular formula is C11H18N4. The van der Waals surface area contributed by atoms with Crippen molar-refractivity contribution in [2.45, 2.75) is 25.7 Å². The van der Waals surface area contributed by atoms with Crippen molar-refractivity contribution in [1.82, 2.24) is 15.3 Å². The topological polar surface area (TPSA) is 49.8 Å². The zero-order chi connectivity index (χ0) is 10.7. The fourth-order valence-corrected chi connectivity index (χ4v) is 1.97. The van der Waals surface area contributed by atoms with E-state index in [-0.39, 0.29) is 0 Å². The van der Waals surface area contributed by atoms with Crippen LogP contribution in [0.15, 0.2) is 6.07 Å². The van der Waals surface area contributed by atoms with Gasteiger partial charge in [-0.3, -0.25) is 0 Å². The number of nitrogens with zero attached hydrogens (tertiary/aromatic N) is 2. The summed E-state index contributed by atoms with van der Waals surface area (Å²) in [4.78, 5) is 9.03. The molecule has 82 valence electrons. The Labute approximate surface area is 90.5 Å². The van der Waals surface area contributed by atoms with Crippen LogP contribution in [0.1, 0.15) is 30.3 Å². The number of nitrogens with one attached hydrogen (secondary N) is 2. The minimum absolute atomic E-state index is 0.478. The SMILES string of the molecule is CNc1cc(C)nc([C@H]2CCCNC2)n1. The maximum Gasteiger partial charge on any atom is 0.135 e. The molecular weight excluding hydrogens is 188 g/mol. The van der Waals surface area contributed by atoms with Gasteiger partial charge in [-0.25, -0.2) is 9.97 Å². The molecule has 1 aromatic heterocycles. The molecule has 15 heavy (non-hydrogen) atoms. The smallest absolute Gasteiger partial charge is 0.135 e. The Morgan fingerprint density at radius 3 is 3.00 bits per heavy atom. The van der Waals surface area contributed by atoms with E-state index in [1.54, 1.807) is 0 Å². The van der Waals surface area contributed by atoms with Crippen LogP contribution < -0.4 is 10.6 Å². The van der Waals surface area contributed by atoms with Gasteiger partial charge in [-0.1, -0.05) is 0 Å². The molecule has 0 amide bonds. The number of aromatic nitrogens is 2. The van der Waals surface area contributed by atoms with Gasteiger partial charge < -0.3 is 10.6 Å². The summed E-state index contributed by atoms with van der Waals surface area (Å²) < 4.78 is 0. The number of anilines is 1. The first-order chi connectivity index (χ1) is 7.29. The van der Waals surface area contributed by atoms with Crippen molar-refractivity contribution in [3.05, 3.63) is 17.6 Å². The van der Waals surface area contributed by atoms with Gasteiger partial charge in [-0.15, -0.1) is 0 Å². The molecule has 2 heterocycles. The van der Waals surface area contributed by atoms with Gasteiger partial charge in [0.25, 0.3) is 0 Å². The van der Waals surface area contributed by atoms with Crippen molar-refractivity contribution in [3.8, 4) is 0 Å². The first-order valence-electron chi connectivity index (χ1n) is 5.53. The van der Waals surface area contributed by atoms with Crippen molar-refractivity contribution in [2.24, 2.45) is 0 Å². The van der Waals surface area contributed by atoms with Crippen LogP contribution in [-0.2, 0) is 0 Å². The molecule has 2 N–H and O–H groups in total. The summed E-state index contributed by atoms with van der Waals surface area (Å²) in [6.07, 6.45) is 2.41. The lowest BCUT2D eigenvalue weighted by Gasteiger charge is -2.21. The van der Waals surface area contributed by atoms with Crippen LogP contribution in [0.3, 0.4) is 0 Å². The lowest BCUT2D eigenvalue weighted by Crippen LogP contribution is -2.29. The fraction of sp³-hybridized carbons (Fsp3) is 0.636. The predicted octanol–water partition coefficient (Wildman–Crippen LogP) is 1.29. The van der Waals surface area contributed by atoms with Crippen LogP contribution in [0.25, 0.3) is 0 Å². The fourth-order valence-electron chi connectivity index (χ4n) is 1.97. The second-order valence-corrected chi connectivity index (χ2v) is 4.05. The molecule has 4 nitrogen and oxygen atoms in total. The lowest BCUT2D eigenvalue weighted by atomic mass is 9.99. The summed E-state index contributed by atoms with van der Waals surface area (Å²) in [7, 11) is 1.89. The molecule has 4 heteroatoms. The highest BCUT2D eigenvalue weighted by atomic mass is 15.0. The second kappa shape index (κ2) is 4.57. The summed E-state index contributed by atoms with van der Waals surface area (Å²) in [5.74, 6) is 2.38. The number of hydrogen-bond acceptors (Lipinski definition) is 4. The standard InChI is InChI=1S/C11H18N4/c1-8-6-10(12-2)15-11(14-8)9-4-3-5-13-7-9/h6,9,13H,3-5,7H2,1-2H3,(H,12,14,15)/t9-/m0/s1. The van der Waals surface area contributed by atoms with E-state index in [1.165, 1.54) is 12.8 Å². The number of aryl methyl sites for hydroxylation is 1. The Morgan fingerprint density at radius 2 is 2.33 bits per heavy atom. The second-order valence-electron chi connectivity index (χ2n) is 4.05. The normalized spacial score (nSPS) is 21.3. The van der Waals surface area contributed by atoms with Gasteiger partial charge in [-0.2, -0.15) is 0 Å². The van der Waals surface area contributed by atoms with Crippen molar-refractivity contribution >= 4 is 5.82 Å². The average Bonchev–Trinajstić information content (AvgIpc) is 2.29. The van der Waals surface area contributed by atoms with E-state index in [4.69, 9.17) is 0 Å². The molecule has 0 bridgehead atoms. The van der Waals surface area contributed by atoms with E-state index in [0.29, 0.717) is 5.92 Å². The molecule has 0 spiro atoms. The number of piperidine rings is 1. The van der Waals surface area contributed by atoms with E-state index in [1.807, 2.05) is 20.0 Å². The summed E-state index contributed by atoms with van der Waals surface area (Å²) >= 11 is 0. The summed E-state index contributed by atoms with van der Waals surface area (Å²) in [5.41, 5.74) is 1.04. The summed E-state index contributed by atoms with van der Waals surface area (Å²) in [6, 6.07) is 1.97. The van der Waals surface area contributed by atoms with Gasteiger partial charge in [0.15, 0.2) is 0 Å². The molecule has 1 fully saturated rings. The highest BCUT2D eigenvalue weighted by Crippen LogP contribution is 2.21. The van der Waals surface area contributed by atoms with Crippen LogP contribution in [-0.4, -0.2) is 30.1 Å². The summed E-state index contributed by atoms with van der Waals surface area (Å²) in [5, 5.41) is 6.47. The Kier molecular flexibility index (Phi) is 3.16. The van der Waals surface area contributed by atoms with Crippen LogP contribution >= 0.6 is 0 Å². The largest absolute Gasteiger partial charge is 0.373 e. The highest BCUT2D eigenvalue weighted by Gasteiger charge is 2.18. The van der Waals surface area contributed by atoms with Gasteiger partial charge in [0, 0.05) is 31.3 Å². The third-order valence-corrected chi connectivity index (χ3v) is 2.79. The monoisotopic (exact) mass is 206 g/mol. The Morgan fingerprint density at radius 1 is 1.47 bits per heavy atom. The van der Waals surface area contributed by atoms with Gasteiger partial charge >= 0.3 is 0 Å². The zero-order valence-electron chi connectivity index (χ0n) is 9.38. The molecule has 0 saturated carbocycles. The molecule has 1 aromatic rings. The van der Waals surface area contributed by atoms with Crippen molar-refractivity contribution in [3.63, 3.8) is 0 Å². The summed E-state index contributed by atoms with van der Waals surface area (Å²) in [6.45, 7) is 4.15. The average molecular weight is 206 g/mol. The molecule has 0 aromatic carbocycles. The molecule has 1 saturated heterocycles. The van der Waals surface area contributed by atoms with E-state index in [2.05, 4.69) is 20.6 Å². The van der Waals surface area contributed by atoms with Crippen LogP contribution in [0.4, 0.5) is 5.82 Å². The molecule has 2 rings (SSSR count). The van der Waals surface area contributed by atoms with E-state index >= 15 is 0 Å². The maximum atomic E-state index is 4.51. The van der Waals surface area contributed by atoms with Crippen molar-refractivity contribution < 1.29 is 0 Å². The van der Waals surface area contributed by atoms with E-state index < -0.39 is 0 Å². The van der Waals surface area contributed by atoms with Crippen LogP contribution in [0.2, 0.25) is 0 Å². The van der Waals surface area contributed by atoms with Gasteiger partial charge in [0.2, 0.25) is 0 Å². The van der Waals surface area contributed by atoms with Crippen LogP contribution in [0, 0.1) is 6.92 Å². The van der Waals surface area contributed by atoms with Gasteiger partial charge in [0.1, 0.15) is 11.6 Å². The first-order valence-corrected chi connectivity index (χ1v) is 5.53. The van der Waals surface area contributed by atoms with Gasteiger partial charge in [0.05, 0.1) is 0 Å². The minimum atomic E-state index is 0.478. The third-order valence-electron chi connectivity index (χ3n) is 2.79. The molecule has 0 radical (unpaired) electrons.